The maximum absolute atomic E-state index is 11.5. The Morgan fingerprint density at radius 1 is 1.22 bits per heavy atom. The van der Waals surface area contributed by atoms with Crippen molar-refractivity contribution >= 4 is 11.9 Å². The van der Waals surface area contributed by atoms with Crippen LogP contribution in [0.4, 0.5) is 0 Å². The molecular formula is C21H32N4O2. The van der Waals surface area contributed by atoms with Gasteiger partial charge in [0.05, 0.1) is 12.7 Å². The van der Waals surface area contributed by atoms with Gasteiger partial charge in [0.2, 0.25) is 0 Å². The number of methoxy groups -OCH3 is 1. The normalized spacial score (nSPS) is 21.4. The summed E-state index contributed by atoms with van der Waals surface area (Å²) in [6.07, 6.45) is 7.59. The highest BCUT2D eigenvalue weighted by molar-refractivity contribution is 5.89. The highest BCUT2D eigenvalue weighted by Gasteiger charge is 2.30. The summed E-state index contributed by atoms with van der Waals surface area (Å²) in [5.74, 6) is 0.576. The summed E-state index contributed by atoms with van der Waals surface area (Å²) in [6, 6.07) is 8.85. The average Bonchev–Trinajstić information content (AvgIpc) is 3.39. The zero-order chi connectivity index (χ0) is 19.1. The number of esters is 1. The Bertz CT molecular complexity index is 638. The standard InChI is InChI=1S/C21H32N4O2/c1-22-21(24-18-12-14-25(15-18)19-5-3-4-6-19)23-13-11-16-7-9-17(10-8-16)20(26)27-2/h7-10,18-19H,3-6,11-15H2,1-2H3,(H2,22,23,24). The molecule has 0 bridgehead atoms. The lowest BCUT2D eigenvalue weighted by atomic mass is 10.1. The van der Waals surface area contributed by atoms with Crippen LogP contribution < -0.4 is 10.6 Å². The highest BCUT2D eigenvalue weighted by Crippen LogP contribution is 2.26. The molecule has 1 aliphatic heterocycles. The van der Waals surface area contributed by atoms with E-state index in [1.165, 1.54) is 51.3 Å². The number of hydrogen-bond donors (Lipinski definition) is 2. The second-order valence-corrected chi connectivity index (χ2v) is 7.50. The summed E-state index contributed by atoms with van der Waals surface area (Å²) in [7, 11) is 3.22. The van der Waals surface area contributed by atoms with Crippen LogP contribution in [0.2, 0.25) is 0 Å². The van der Waals surface area contributed by atoms with Crippen molar-refractivity contribution < 1.29 is 9.53 Å². The van der Waals surface area contributed by atoms with Crippen LogP contribution in [0.5, 0.6) is 0 Å². The molecule has 6 heteroatoms. The van der Waals surface area contributed by atoms with E-state index in [-0.39, 0.29) is 5.97 Å². The molecule has 2 N–H and O–H groups in total. The molecular weight excluding hydrogens is 340 g/mol. The number of rotatable bonds is 6. The van der Waals surface area contributed by atoms with Crippen molar-refractivity contribution in [3.05, 3.63) is 35.4 Å². The zero-order valence-electron chi connectivity index (χ0n) is 16.5. The molecule has 0 spiro atoms. The van der Waals surface area contributed by atoms with E-state index in [4.69, 9.17) is 4.74 Å². The molecule has 2 aliphatic rings. The summed E-state index contributed by atoms with van der Waals surface area (Å²) < 4.78 is 4.73. The van der Waals surface area contributed by atoms with Gasteiger partial charge in [-0.05, 0) is 43.4 Å². The largest absolute Gasteiger partial charge is 0.465 e. The maximum atomic E-state index is 11.5. The maximum Gasteiger partial charge on any atom is 0.337 e. The first-order chi connectivity index (χ1) is 13.2. The second kappa shape index (κ2) is 9.74. The van der Waals surface area contributed by atoms with Crippen molar-refractivity contribution in [2.75, 3.05) is 33.8 Å². The lowest BCUT2D eigenvalue weighted by molar-refractivity contribution is 0.0600. The van der Waals surface area contributed by atoms with Crippen LogP contribution in [0.1, 0.15) is 48.0 Å². The van der Waals surface area contributed by atoms with E-state index in [1.54, 1.807) is 0 Å². The predicted octanol–water partition coefficient (Wildman–Crippen LogP) is 2.20. The lowest BCUT2D eigenvalue weighted by Crippen LogP contribution is -2.45. The molecule has 148 valence electrons. The number of likely N-dealkylation sites (tertiary alicyclic amines) is 1. The van der Waals surface area contributed by atoms with Gasteiger partial charge in [0, 0.05) is 38.8 Å². The molecule has 0 radical (unpaired) electrons. The molecule has 6 nitrogen and oxygen atoms in total. The smallest absolute Gasteiger partial charge is 0.337 e. The minimum atomic E-state index is -0.299. The molecule has 0 aromatic heterocycles. The highest BCUT2D eigenvalue weighted by atomic mass is 16.5. The number of benzene rings is 1. The number of guanidine groups is 1. The van der Waals surface area contributed by atoms with E-state index in [9.17, 15) is 4.79 Å². The molecule has 1 unspecified atom stereocenters. The van der Waals surface area contributed by atoms with Gasteiger partial charge in [-0.1, -0.05) is 25.0 Å². The lowest BCUT2D eigenvalue weighted by Gasteiger charge is -2.24. The summed E-state index contributed by atoms with van der Waals surface area (Å²) in [5.41, 5.74) is 1.76. The van der Waals surface area contributed by atoms with E-state index in [0.29, 0.717) is 11.6 Å². The molecule has 2 fully saturated rings. The van der Waals surface area contributed by atoms with E-state index in [0.717, 1.165) is 31.5 Å². The van der Waals surface area contributed by atoms with Gasteiger partial charge >= 0.3 is 5.97 Å². The van der Waals surface area contributed by atoms with E-state index >= 15 is 0 Å². The summed E-state index contributed by atoms with van der Waals surface area (Å²) >= 11 is 0. The summed E-state index contributed by atoms with van der Waals surface area (Å²) in [4.78, 5) is 18.5. The third-order valence-corrected chi connectivity index (χ3v) is 5.71. The molecule has 1 aliphatic carbocycles. The number of carbonyl (C=O) groups is 1. The first-order valence-electron chi connectivity index (χ1n) is 10.1. The van der Waals surface area contributed by atoms with Gasteiger partial charge in [-0.2, -0.15) is 0 Å². The number of nitrogens with one attached hydrogen (secondary N) is 2. The quantitative estimate of drug-likeness (QED) is 0.455. The third-order valence-electron chi connectivity index (χ3n) is 5.71. The van der Waals surface area contributed by atoms with Gasteiger partial charge in [0.1, 0.15) is 0 Å². The first kappa shape index (κ1) is 19.7. The van der Waals surface area contributed by atoms with Crippen LogP contribution in [0.15, 0.2) is 29.3 Å². The van der Waals surface area contributed by atoms with Gasteiger partial charge in [0.25, 0.3) is 0 Å². The third kappa shape index (κ3) is 5.45. The zero-order valence-corrected chi connectivity index (χ0v) is 16.5. The van der Waals surface area contributed by atoms with Crippen LogP contribution in [-0.4, -0.2) is 62.7 Å². The van der Waals surface area contributed by atoms with Crippen LogP contribution in [0.3, 0.4) is 0 Å². The molecule has 1 saturated carbocycles. The number of ether oxygens (including phenoxy) is 1. The Morgan fingerprint density at radius 2 is 1.96 bits per heavy atom. The fourth-order valence-corrected chi connectivity index (χ4v) is 4.14. The van der Waals surface area contributed by atoms with Crippen molar-refractivity contribution in [1.29, 1.82) is 0 Å². The molecule has 1 saturated heterocycles. The molecule has 1 aromatic carbocycles. The summed E-state index contributed by atoms with van der Waals surface area (Å²) in [5, 5.41) is 6.98. The van der Waals surface area contributed by atoms with Crippen molar-refractivity contribution in [3.63, 3.8) is 0 Å². The SMILES string of the molecule is CN=C(NCCc1ccc(C(=O)OC)cc1)NC1CCN(C2CCCC2)C1. The van der Waals surface area contributed by atoms with Crippen LogP contribution in [-0.2, 0) is 11.2 Å². The summed E-state index contributed by atoms with van der Waals surface area (Å²) in [6.45, 7) is 3.13. The van der Waals surface area contributed by atoms with Gasteiger partial charge in [-0.3, -0.25) is 9.89 Å². The van der Waals surface area contributed by atoms with E-state index < -0.39 is 0 Å². The second-order valence-electron chi connectivity index (χ2n) is 7.50. The predicted molar refractivity (Wildman–Crippen MR) is 108 cm³/mol. The fourth-order valence-electron chi connectivity index (χ4n) is 4.14. The Kier molecular flexibility index (Phi) is 7.10. The molecule has 27 heavy (non-hydrogen) atoms. The van der Waals surface area contributed by atoms with Crippen LogP contribution >= 0.6 is 0 Å². The Balaban J connectivity index is 1.40. The molecule has 3 rings (SSSR count). The van der Waals surface area contributed by atoms with Crippen molar-refractivity contribution in [1.82, 2.24) is 15.5 Å². The number of carbonyl (C=O) groups excluding carboxylic acids is 1. The van der Waals surface area contributed by atoms with Crippen molar-refractivity contribution in [2.24, 2.45) is 4.99 Å². The van der Waals surface area contributed by atoms with Gasteiger partial charge in [0.15, 0.2) is 5.96 Å². The molecule has 1 heterocycles. The molecule has 0 amide bonds. The van der Waals surface area contributed by atoms with Crippen LogP contribution in [0.25, 0.3) is 0 Å². The molecule has 1 aromatic rings. The van der Waals surface area contributed by atoms with E-state index in [1.807, 2.05) is 31.3 Å². The minimum absolute atomic E-state index is 0.299. The van der Waals surface area contributed by atoms with Gasteiger partial charge in [-0.25, -0.2) is 4.79 Å². The van der Waals surface area contributed by atoms with Gasteiger partial charge in [-0.15, -0.1) is 0 Å². The van der Waals surface area contributed by atoms with Crippen LogP contribution in [0, 0.1) is 0 Å². The van der Waals surface area contributed by atoms with Crippen molar-refractivity contribution in [3.8, 4) is 0 Å². The monoisotopic (exact) mass is 372 g/mol. The first-order valence-corrected chi connectivity index (χ1v) is 10.1. The Hall–Kier alpha value is -2.08. The van der Waals surface area contributed by atoms with Crippen molar-refractivity contribution in [2.45, 2.75) is 50.6 Å². The van der Waals surface area contributed by atoms with Gasteiger partial charge < -0.3 is 15.4 Å². The number of aliphatic imine (C=N–C) groups is 1. The average molecular weight is 373 g/mol. The Morgan fingerprint density at radius 3 is 2.63 bits per heavy atom. The Labute approximate surface area is 162 Å². The fraction of sp³-hybridized carbons (Fsp3) is 0.619. The molecule has 1 atom stereocenters. The minimum Gasteiger partial charge on any atom is -0.465 e. The number of nitrogens with zero attached hydrogens (tertiary/aromatic N) is 2. The number of hydrogen-bond acceptors (Lipinski definition) is 4. The topological polar surface area (TPSA) is 66.0 Å². The van der Waals surface area contributed by atoms with E-state index in [2.05, 4.69) is 20.5 Å².